The van der Waals surface area contributed by atoms with Gasteiger partial charge in [-0.2, -0.15) is 13.2 Å². The third-order valence-electron chi connectivity index (χ3n) is 3.68. The molecule has 2 aliphatic rings. The molecule has 0 spiro atoms. The smallest absolute Gasteiger partial charge is 0.323 e. The minimum absolute atomic E-state index is 0.237. The Morgan fingerprint density at radius 1 is 1.33 bits per heavy atom. The first-order chi connectivity index (χ1) is 11.3. The van der Waals surface area contributed by atoms with Crippen molar-refractivity contribution >= 4 is 33.3 Å². The van der Waals surface area contributed by atoms with Crippen LogP contribution in [0.15, 0.2) is 52.3 Å². The summed E-state index contributed by atoms with van der Waals surface area (Å²) in [5.74, 6) is 0. The fourth-order valence-electron chi connectivity index (χ4n) is 2.50. The highest BCUT2D eigenvalue weighted by Crippen LogP contribution is 2.35. The lowest BCUT2D eigenvalue weighted by Crippen LogP contribution is -2.42. The number of amidine groups is 1. The Kier molecular flexibility index (Phi) is 4.44. The molecule has 2 unspecified atom stereocenters. The highest BCUT2D eigenvalue weighted by molar-refractivity contribution is 7.99. The lowest BCUT2D eigenvalue weighted by atomic mass is 10.0. The highest BCUT2D eigenvalue weighted by Gasteiger charge is 2.33. The normalized spacial score (nSPS) is 22.0. The molecule has 0 radical (unpaired) electrons. The molecular weight excluding hydrogens is 363 g/mol. The standard InChI is InChI=1S/C15H13ClF3N3OS/c1-24(23)14-20-12(16)11-3-2-8-22(13(11)21-14)10-6-4-9(5-7-10)15(17,18)19/h2,4-8,13H,3H2,1H3,(H,20,21). The van der Waals surface area contributed by atoms with E-state index in [9.17, 15) is 17.4 Å². The summed E-state index contributed by atoms with van der Waals surface area (Å²) in [7, 11) is -1.35. The molecule has 128 valence electrons. The number of hydrogen-bond acceptors (Lipinski definition) is 4. The van der Waals surface area contributed by atoms with Crippen LogP contribution in [-0.4, -0.2) is 21.8 Å². The molecule has 2 heterocycles. The largest absolute Gasteiger partial charge is 0.416 e. The molecule has 2 atom stereocenters. The molecule has 0 amide bonds. The number of alkyl halides is 3. The number of rotatable bonds is 1. The van der Waals surface area contributed by atoms with E-state index < -0.39 is 28.7 Å². The van der Waals surface area contributed by atoms with E-state index in [-0.39, 0.29) is 5.17 Å². The summed E-state index contributed by atoms with van der Waals surface area (Å²) in [5, 5.41) is 3.39. The zero-order valence-electron chi connectivity index (χ0n) is 12.5. The number of aliphatic imine (C=N–C) groups is 1. The molecule has 1 aromatic carbocycles. The van der Waals surface area contributed by atoms with Crippen LogP contribution in [-0.2, 0) is 17.0 Å². The molecule has 0 bridgehead atoms. The van der Waals surface area contributed by atoms with Crippen molar-refractivity contribution in [1.29, 1.82) is 0 Å². The van der Waals surface area contributed by atoms with Gasteiger partial charge in [-0.05, 0) is 30.7 Å². The molecule has 24 heavy (non-hydrogen) atoms. The SMILES string of the molecule is CS(=O)C1=NC2C(=C(Cl)N1)CC=CN2c1ccc(C(F)(F)F)cc1. The second-order valence-electron chi connectivity index (χ2n) is 5.27. The summed E-state index contributed by atoms with van der Waals surface area (Å²) in [5.41, 5.74) is 0.594. The van der Waals surface area contributed by atoms with Gasteiger partial charge in [-0.3, -0.25) is 4.21 Å². The number of hydrogen-bond donors (Lipinski definition) is 1. The maximum Gasteiger partial charge on any atom is 0.416 e. The van der Waals surface area contributed by atoms with Crippen LogP contribution in [0.1, 0.15) is 12.0 Å². The Morgan fingerprint density at radius 2 is 2.00 bits per heavy atom. The summed E-state index contributed by atoms with van der Waals surface area (Å²) >= 11 is 6.21. The van der Waals surface area contributed by atoms with Crippen molar-refractivity contribution in [1.82, 2.24) is 5.32 Å². The third-order valence-corrected chi connectivity index (χ3v) is 4.77. The van der Waals surface area contributed by atoms with Gasteiger partial charge in [0, 0.05) is 23.7 Å². The van der Waals surface area contributed by atoms with Crippen LogP contribution in [0.2, 0.25) is 0 Å². The summed E-state index contributed by atoms with van der Waals surface area (Å²) in [6.45, 7) is 0. The van der Waals surface area contributed by atoms with Gasteiger partial charge in [0.05, 0.1) is 16.4 Å². The van der Waals surface area contributed by atoms with E-state index in [0.717, 1.165) is 17.7 Å². The van der Waals surface area contributed by atoms with Gasteiger partial charge < -0.3 is 10.2 Å². The van der Waals surface area contributed by atoms with Crippen molar-refractivity contribution in [3.8, 4) is 0 Å². The van der Waals surface area contributed by atoms with Gasteiger partial charge in [-0.1, -0.05) is 17.7 Å². The molecule has 0 aromatic heterocycles. The second kappa shape index (κ2) is 6.25. The van der Waals surface area contributed by atoms with Crippen LogP contribution in [0, 0.1) is 0 Å². The van der Waals surface area contributed by atoms with Crippen LogP contribution in [0.4, 0.5) is 18.9 Å². The average Bonchev–Trinajstić information content (AvgIpc) is 2.53. The first-order valence-electron chi connectivity index (χ1n) is 6.96. The molecule has 9 heteroatoms. The minimum atomic E-state index is -4.39. The van der Waals surface area contributed by atoms with E-state index in [4.69, 9.17) is 11.6 Å². The van der Waals surface area contributed by atoms with E-state index in [1.165, 1.54) is 18.4 Å². The molecule has 0 saturated carbocycles. The number of nitrogens with one attached hydrogen (secondary N) is 1. The number of fused-ring (bicyclic) bond motifs is 1. The van der Waals surface area contributed by atoms with Gasteiger partial charge in [0.25, 0.3) is 0 Å². The lowest BCUT2D eigenvalue weighted by Gasteiger charge is -2.36. The topological polar surface area (TPSA) is 44.7 Å². The number of allylic oxidation sites excluding steroid dienone is 1. The Hall–Kier alpha value is -1.80. The van der Waals surface area contributed by atoms with E-state index in [2.05, 4.69) is 10.3 Å². The molecule has 4 nitrogen and oxygen atoms in total. The molecular formula is C15H13ClF3N3OS. The Labute approximate surface area is 144 Å². The van der Waals surface area contributed by atoms with Crippen molar-refractivity contribution in [3.63, 3.8) is 0 Å². The van der Waals surface area contributed by atoms with Gasteiger partial charge in [0.2, 0.25) is 0 Å². The molecule has 1 aromatic rings. The van der Waals surface area contributed by atoms with Crippen molar-refractivity contribution in [3.05, 3.63) is 52.8 Å². The summed E-state index contributed by atoms with van der Waals surface area (Å²) in [4.78, 5) is 6.10. The molecule has 0 saturated heterocycles. The maximum absolute atomic E-state index is 12.7. The average molecular weight is 376 g/mol. The first kappa shape index (κ1) is 17.0. The summed E-state index contributed by atoms with van der Waals surface area (Å²) in [6, 6.07) is 4.80. The van der Waals surface area contributed by atoms with Gasteiger partial charge in [0.1, 0.15) is 5.16 Å². The van der Waals surface area contributed by atoms with E-state index in [1.54, 1.807) is 11.1 Å². The second-order valence-corrected chi connectivity index (χ2v) is 6.94. The molecule has 0 aliphatic carbocycles. The van der Waals surface area contributed by atoms with E-state index in [0.29, 0.717) is 17.3 Å². The van der Waals surface area contributed by atoms with Crippen LogP contribution >= 0.6 is 11.6 Å². The van der Waals surface area contributed by atoms with Crippen LogP contribution in [0.5, 0.6) is 0 Å². The first-order valence-corrected chi connectivity index (χ1v) is 8.90. The predicted octanol–water partition coefficient (Wildman–Crippen LogP) is 3.54. The number of benzene rings is 1. The quantitative estimate of drug-likeness (QED) is 0.763. The van der Waals surface area contributed by atoms with Gasteiger partial charge in [0.15, 0.2) is 11.3 Å². The van der Waals surface area contributed by atoms with Gasteiger partial charge in [-0.25, -0.2) is 4.99 Å². The fraction of sp³-hybridized carbons (Fsp3) is 0.267. The Balaban J connectivity index is 1.98. The van der Waals surface area contributed by atoms with E-state index in [1.807, 2.05) is 6.08 Å². The molecule has 2 aliphatic heterocycles. The Bertz CT molecular complexity index is 771. The number of anilines is 1. The minimum Gasteiger partial charge on any atom is -0.323 e. The van der Waals surface area contributed by atoms with Crippen LogP contribution in [0.3, 0.4) is 0 Å². The molecule has 1 N–H and O–H groups in total. The summed E-state index contributed by atoms with van der Waals surface area (Å²) < 4.78 is 49.8. The summed E-state index contributed by atoms with van der Waals surface area (Å²) in [6.07, 6.45) is 0.703. The van der Waals surface area contributed by atoms with E-state index >= 15 is 0 Å². The van der Waals surface area contributed by atoms with Crippen molar-refractivity contribution in [2.45, 2.75) is 18.8 Å². The monoisotopic (exact) mass is 375 g/mol. The number of nitrogens with zero attached hydrogens (tertiary/aromatic N) is 2. The maximum atomic E-state index is 12.7. The molecule has 0 fully saturated rings. The van der Waals surface area contributed by atoms with Crippen molar-refractivity contribution < 1.29 is 17.4 Å². The third kappa shape index (κ3) is 3.21. The van der Waals surface area contributed by atoms with Crippen LogP contribution < -0.4 is 10.2 Å². The van der Waals surface area contributed by atoms with Crippen LogP contribution in [0.25, 0.3) is 0 Å². The predicted molar refractivity (Wildman–Crippen MR) is 89.0 cm³/mol. The highest BCUT2D eigenvalue weighted by atomic mass is 35.5. The zero-order chi connectivity index (χ0) is 17.5. The zero-order valence-corrected chi connectivity index (χ0v) is 14.0. The van der Waals surface area contributed by atoms with Crippen molar-refractivity contribution in [2.24, 2.45) is 4.99 Å². The fourth-order valence-corrected chi connectivity index (χ4v) is 3.32. The van der Waals surface area contributed by atoms with Gasteiger partial charge in [-0.15, -0.1) is 0 Å². The molecule has 3 rings (SSSR count). The van der Waals surface area contributed by atoms with Crippen molar-refractivity contribution in [2.75, 3.05) is 11.2 Å². The van der Waals surface area contributed by atoms with Gasteiger partial charge >= 0.3 is 6.18 Å². The Morgan fingerprint density at radius 3 is 2.58 bits per heavy atom. The number of halogens is 4. The lowest BCUT2D eigenvalue weighted by molar-refractivity contribution is -0.137.